The summed E-state index contributed by atoms with van der Waals surface area (Å²) in [6, 6.07) is 7.62. The topological polar surface area (TPSA) is 104 Å². The Morgan fingerprint density at radius 1 is 1.12 bits per heavy atom. The lowest BCUT2D eigenvalue weighted by Gasteiger charge is -2.05. The van der Waals surface area contributed by atoms with Crippen LogP contribution in [0.3, 0.4) is 0 Å². The minimum Gasteiger partial charge on any atom is -0.497 e. The zero-order valence-electron chi connectivity index (χ0n) is 17.7. The van der Waals surface area contributed by atoms with Crippen LogP contribution in [0.5, 0.6) is 5.75 Å². The van der Waals surface area contributed by atoms with E-state index in [-0.39, 0.29) is 38.5 Å². The number of hydrogen-bond acceptors (Lipinski definition) is 7. The van der Waals surface area contributed by atoms with Crippen LogP contribution in [0.4, 0.5) is 8.78 Å². The highest BCUT2D eigenvalue weighted by Crippen LogP contribution is 2.22. The molecule has 0 radical (unpaired) electrons. The number of hydrogen-bond donors (Lipinski definition) is 0. The number of methoxy groups -OCH3 is 2. The molecule has 0 unspecified atom stereocenters. The molecular weight excluding hydrogens is 478 g/mol. The fourth-order valence-electron chi connectivity index (χ4n) is 3.03. The molecule has 0 aliphatic carbocycles. The predicted molar refractivity (Wildman–Crippen MR) is 117 cm³/mol. The predicted octanol–water partition coefficient (Wildman–Crippen LogP) is 2.84. The molecule has 33 heavy (non-hydrogen) atoms. The molecule has 0 aliphatic rings. The first-order valence-corrected chi connectivity index (χ1v) is 12.1. The number of nitrogens with zero attached hydrogens (tertiary/aromatic N) is 2. The molecule has 0 aliphatic heterocycles. The van der Waals surface area contributed by atoms with E-state index in [0.29, 0.717) is 11.8 Å². The number of sulfone groups is 1. The molecule has 1 aromatic heterocycles. The Bertz CT molecular complexity index is 1360. The van der Waals surface area contributed by atoms with Gasteiger partial charge in [0.15, 0.2) is 20.5 Å². The molecular formula is C21H20F2N2O6S2. The van der Waals surface area contributed by atoms with Crippen LogP contribution in [0.25, 0.3) is 10.2 Å². The van der Waals surface area contributed by atoms with E-state index >= 15 is 0 Å². The van der Waals surface area contributed by atoms with E-state index in [1.54, 1.807) is 0 Å². The molecule has 0 saturated carbocycles. The SMILES string of the molecule is COC(=O)Cn1c(=NC(=O)CCCS(=O)(=O)c2ccc(OC)cc2)sc2cc(F)cc(F)c21. The quantitative estimate of drug-likeness (QED) is 0.443. The summed E-state index contributed by atoms with van der Waals surface area (Å²) < 4.78 is 63.7. The molecule has 1 amide bonds. The van der Waals surface area contributed by atoms with Gasteiger partial charge in [-0.2, -0.15) is 4.99 Å². The van der Waals surface area contributed by atoms with Gasteiger partial charge in [-0.05, 0) is 36.8 Å². The number of amides is 1. The molecule has 12 heteroatoms. The number of benzene rings is 2. The second kappa shape index (κ2) is 10.2. The van der Waals surface area contributed by atoms with Gasteiger partial charge < -0.3 is 14.0 Å². The van der Waals surface area contributed by atoms with Gasteiger partial charge >= 0.3 is 5.97 Å². The van der Waals surface area contributed by atoms with Crippen molar-refractivity contribution in [1.82, 2.24) is 4.57 Å². The number of rotatable bonds is 8. The molecule has 8 nitrogen and oxygen atoms in total. The minimum absolute atomic E-state index is 0.00157. The molecule has 3 aromatic rings. The number of esters is 1. The molecule has 176 valence electrons. The summed E-state index contributed by atoms with van der Waals surface area (Å²) in [6.45, 7) is -0.434. The van der Waals surface area contributed by atoms with E-state index < -0.39 is 39.9 Å². The molecule has 2 aromatic carbocycles. The summed E-state index contributed by atoms with van der Waals surface area (Å²) in [7, 11) is -0.998. The monoisotopic (exact) mass is 498 g/mol. The Balaban J connectivity index is 1.80. The van der Waals surface area contributed by atoms with Gasteiger partial charge in [0.2, 0.25) is 5.91 Å². The van der Waals surface area contributed by atoms with Gasteiger partial charge in [0.05, 0.1) is 35.1 Å². The molecule has 0 atom stereocenters. The van der Waals surface area contributed by atoms with Crippen LogP contribution in [0.15, 0.2) is 46.3 Å². The van der Waals surface area contributed by atoms with E-state index in [0.717, 1.165) is 29.1 Å². The highest BCUT2D eigenvalue weighted by molar-refractivity contribution is 7.91. The number of carbonyl (C=O) groups is 2. The third-order valence-corrected chi connectivity index (χ3v) is 7.49. The van der Waals surface area contributed by atoms with Crippen LogP contribution in [0, 0.1) is 11.6 Å². The van der Waals surface area contributed by atoms with Crippen molar-refractivity contribution in [2.45, 2.75) is 24.3 Å². The van der Waals surface area contributed by atoms with Crippen molar-refractivity contribution in [3.63, 3.8) is 0 Å². The molecule has 0 bridgehead atoms. The van der Waals surface area contributed by atoms with Crippen LogP contribution in [-0.4, -0.2) is 44.8 Å². The number of thiazole rings is 1. The van der Waals surface area contributed by atoms with Crippen molar-refractivity contribution >= 4 is 43.3 Å². The summed E-state index contributed by atoms with van der Waals surface area (Å²) in [4.78, 5) is 28.1. The van der Waals surface area contributed by atoms with Crippen molar-refractivity contribution in [2.75, 3.05) is 20.0 Å². The van der Waals surface area contributed by atoms with Gasteiger partial charge in [0.1, 0.15) is 18.1 Å². The van der Waals surface area contributed by atoms with Crippen molar-refractivity contribution in [1.29, 1.82) is 0 Å². The zero-order valence-corrected chi connectivity index (χ0v) is 19.3. The smallest absolute Gasteiger partial charge is 0.325 e. The van der Waals surface area contributed by atoms with Crippen molar-refractivity contribution in [2.24, 2.45) is 4.99 Å². The Hall–Kier alpha value is -3.12. The van der Waals surface area contributed by atoms with Crippen LogP contribution in [0.2, 0.25) is 0 Å². The van der Waals surface area contributed by atoms with Gasteiger partial charge in [-0.25, -0.2) is 17.2 Å². The first kappa shape index (κ1) is 24.5. The molecule has 0 saturated heterocycles. The van der Waals surface area contributed by atoms with Crippen LogP contribution in [-0.2, 0) is 30.7 Å². The van der Waals surface area contributed by atoms with Crippen molar-refractivity contribution in [3.8, 4) is 5.75 Å². The molecule has 0 N–H and O–H groups in total. The van der Waals surface area contributed by atoms with Crippen molar-refractivity contribution < 1.29 is 36.3 Å². The highest BCUT2D eigenvalue weighted by Gasteiger charge is 2.18. The van der Waals surface area contributed by atoms with Gasteiger partial charge in [0, 0.05) is 12.5 Å². The summed E-state index contributed by atoms with van der Waals surface area (Å²) >= 11 is 0.830. The first-order chi connectivity index (χ1) is 15.6. The van der Waals surface area contributed by atoms with E-state index in [9.17, 15) is 26.8 Å². The van der Waals surface area contributed by atoms with E-state index in [1.165, 1.54) is 31.4 Å². The van der Waals surface area contributed by atoms with Crippen LogP contribution in [0.1, 0.15) is 12.8 Å². The second-order valence-electron chi connectivity index (χ2n) is 6.88. The standard InChI is InChI=1S/C21H20F2N2O6S2/c1-30-14-5-7-15(8-6-14)33(28,29)9-3-4-18(26)24-21-25(12-19(27)31-2)20-16(23)10-13(22)11-17(20)32-21/h5-8,10-11H,3-4,9,12H2,1-2H3. The Morgan fingerprint density at radius 2 is 1.82 bits per heavy atom. The number of carbonyl (C=O) groups excluding carboxylic acids is 2. The number of aromatic nitrogens is 1. The lowest BCUT2D eigenvalue weighted by Crippen LogP contribution is -2.23. The lowest BCUT2D eigenvalue weighted by molar-refractivity contribution is -0.141. The molecule has 0 fully saturated rings. The van der Waals surface area contributed by atoms with E-state index in [4.69, 9.17) is 4.74 Å². The summed E-state index contributed by atoms with van der Waals surface area (Å²) in [5.74, 6) is -2.86. The third-order valence-electron chi connectivity index (χ3n) is 4.65. The number of fused-ring (bicyclic) bond motifs is 1. The highest BCUT2D eigenvalue weighted by atomic mass is 32.2. The summed E-state index contributed by atoms with van der Waals surface area (Å²) in [5.41, 5.74) is -0.0829. The van der Waals surface area contributed by atoms with Crippen LogP contribution >= 0.6 is 11.3 Å². The van der Waals surface area contributed by atoms with Crippen molar-refractivity contribution in [3.05, 3.63) is 52.8 Å². The van der Waals surface area contributed by atoms with Gasteiger partial charge in [-0.3, -0.25) is 9.59 Å². The van der Waals surface area contributed by atoms with Crippen LogP contribution < -0.4 is 9.54 Å². The lowest BCUT2D eigenvalue weighted by atomic mass is 10.3. The third kappa shape index (κ3) is 5.82. The maximum Gasteiger partial charge on any atom is 0.325 e. The zero-order chi connectivity index (χ0) is 24.2. The fraction of sp³-hybridized carbons (Fsp3) is 0.286. The summed E-state index contributed by atoms with van der Waals surface area (Å²) in [6.07, 6.45) is -0.194. The van der Waals surface area contributed by atoms with Gasteiger partial charge in [-0.15, -0.1) is 0 Å². The largest absolute Gasteiger partial charge is 0.497 e. The number of ether oxygens (including phenoxy) is 2. The molecule has 0 spiro atoms. The maximum atomic E-state index is 14.3. The maximum absolute atomic E-state index is 14.3. The molecule has 1 heterocycles. The fourth-order valence-corrected chi connectivity index (χ4v) is 5.43. The minimum atomic E-state index is -3.62. The summed E-state index contributed by atoms with van der Waals surface area (Å²) in [5, 5.41) is 0. The average Bonchev–Trinajstić information content (AvgIpc) is 3.09. The van der Waals surface area contributed by atoms with E-state index in [1.807, 2.05) is 0 Å². The van der Waals surface area contributed by atoms with E-state index in [2.05, 4.69) is 9.73 Å². The normalized spacial score (nSPS) is 12.2. The van der Waals surface area contributed by atoms with Gasteiger partial charge in [-0.1, -0.05) is 11.3 Å². The first-order valence-electron chi connectivity index (χ1n) is 9.64. The second-order valence-corrected chi connectivity index (χ2v) is 10.0. The molecule has 3 rings (SSSR count). The Kier molecular flexibility index (Phi) is 7.59. The van der Waals surface area contributed by atoms with Gasteiger partial charge in [0.25, 0.3) is 0 Å². The number of halogens is 2. The average molecular weight is 499 g/mol. The Labute approximate surface area is 192 Å². The Morgan fingerprint density at radius 3 is 2.45 bits per heavy atom.